The summed E-state index contributed by atoms with van der Waals surface area (Å²) in [5, 5.41) is 3.66. The van der Waals surface area contributed by atoms with Gasteiger partial charge in [-0.2, -0.15) is 0 Å². The fraction of sp³-hybridized carbons (Fsp3) is 0.333. The van der Waals surface area contributed by atoms with Crippen molar-refractivity contribution in [2.24, 2.45) is 0 Å². The predicted octanol–water partition coefficient (Wildman–Crippen LogP) is 6.35. The van der Waals surface area contributed by atoms with E-state index in [2.05, 4.69) is 37.4 Å². The van der Waals surface area contributed by atoms with Crippen LogP contribution in [0.1, 0.15) is 41.7 Å². The van der Waals surface area contributed by atoms with Crippen molar-refractivity contribution in [3.05, 3.63) is 106 Å². The minimum atomic E-state index is -0.625. The van der Waals surface area contributed by atoms with Gasteiger partial charge in [0.25, 0.3) is 0 Å². The van der Waals surface area contributed by atoms with Crippen LogP contribution in [0.3, 0.4) is 0 Å². The molecule has 6 heteroatoms. The molecular weight excluding hydrogens is 488 g/mol. The van der Waals surface area contributed by atoms with Gasteiger partial charge in [0.2, 0.25) is 11.8 Å². The molecule has 0 aromatic heterocycles. The first-order chi connectivity index (χ1) is 17.2. The Morgan fingerprint density at radius 2 is 1.53 bits per heavy atom. The minimum Gasteiger partial charge on any atom is -0.352 e. The highest BCUT2D eigenvalue weighted by Crippen LogP contribution is 2.20. The van der Waals surface area contributed by atoms with Crippen LogP contribution in [-0.2, 0) is 28.3 Å². The molecule has 1 atom stereocenters. The Labute approximate surface area is 224 Å². The molecule has 0 aliphatic heterocycles. The second-order valence-electron chi connectivity index (χ2n) is 9.51. The lowest BCUT2D eigenvalue weighted by atomic mass is 10.0. The van der Waals surface area contributed by atoms with E-state index < -0.39 is 6.04 Å². The third-order valence-electron chi connectivity index (χ3n) is 5.74. The maximum absolute atomic E-state index is 13.7. The molecule has 3 aromatic rings. The fourth-order valence-corrected chi connectivity index (χ4v) is 5.18. The van der Waals surface area contributed by atoms with Gasteiger partial charge in [-0.15, -0.1) is 11.8 Å². The molecule has 0 bridgehead atoms. The average Bonchev–Trinajstić information content (AvgIpc) is 2.82. The molecule has 190 valence electrons. The molecule has 0 unspecified atom stereocenters. The van der Waals surface area contributed by atoms with Gasteiger partial charge >= 0.3 is 0 Å². The third kappa shape index (κ3) is 8.72. The van der Waals surface area contributed by atoms with Gasteiger partial charge < -0.3 is 10.2 Å². The lowest BCUT2D eigenvalue weighted by Crippen LogP contribution is -2.52. The molecular formula is C30H35ClN2O2S. The molecule has 3 rings (SSSR count). The standard InChI is InChI=1S/C30H35ClN2O2S/c1-21(2)32-30(35)28(17-24-8-6-5-7-9-24)33(18-25-10-12-27(31)13-11-25)29(34)20-36-19-26-15-22(3)14-23(4)16-26/h5-16,21,28H,17-20H2,1-4H3,(H,32,35)/t28-/m0/s1. The monoisotopic (exact) mass is 522 g/mol. The van der Waals surface area contributed by atoms with Crippen molar-refractivity contribution in [2.75, 3.05) is 5.75 Å². The zero-order chi connectivity index (χ0) is 26.1. The van der Waals surface area contributed by atoms with E-state index in [9.17, 15) is 9.59 Å². The van der Waals surface area contributed by atoms with Crippen LogP contribution in [0.15, 0.2) is 72.8 Å². The third-order valence-corrected chi connectivity index (χ3v) is 6.98. The quantitative estimate of drug-likeness (QED) is 0.319. The van der Waals surface area contributed by atoms with Gasteiger partial charge in [0.1, 0.15) is 6.04 Å². The van der Waals surface area contributed by atoms with Crippen LogP contribution in [0.4, 0.5) is 0 Å². The van der Waals surface area contributed by atoms with Gasteiger partial charge in [-0.1, -0.05) is 83.4 Å². The first kappa shape index (κ1) is 27.8. The summed E-state index contributed by atoms with van der Waals surface area (Å²) in [6.07, 6.45) is 0.445. The molecule has 0 fully saturated rings. The second-order valence-corrected chi connectivity index (χ2v) is 10.9. The summed E-state index contributed by atoms with van der Waals surface area (Å²) in [4.78, 5) is 28.8. The summed E-state index contributed by atoms with van der Waals surface area (Å²) >= 11 is 7.67. The molecule has 0 heterocycles. The van der Waals surface area contributed by atoms with Crippen LogP contribution >= 0.6 is 23.4 Å². The maximum Gasteiger partial charge on any atom is 0.243 e. The number of nitrogens with zero attached hydrogens (tertiary/aromatic N) is 1. The number of carbonyl (C=O) groups is 2. The van der Waals surface area contributed by atoms with Gasteiger partial charge in [0.05, 0.1) is 5.75 Å². The highest BCUT2D eigenvalue weighted by Gasteiger charge is 2.30. The number of amides is 2. The van der Waals surface area contributed by atoms with Crippen LogP contribution < -0.4 is 5.32 Å². The Bertz CT molecular complexity index is 1130. The number of halogens is 1. The van der Waals surface area contributed by atoms with Crippen LogP contribution in [-0.4, -0.2) is 34.6 Å². The van der Waals surface area contributed by atoms with Crippen LogP contribution in [0.25, 0.3) is 0 Å². The number of aryl methyl sites for hydroxylation is 2. The van der Waals surface area contributed by atoms with Crippen molar-refractivity contribution < 1.29 is 9.59 Å². The Hall–Kier alpha value is -2.76. The predicted molar refractivity (Wildman–Crippen MR) is 151 cm³/mol. The first-order valence-electron chi connectivity index (χ1n) is 12.2. The smallest absolute Gasteiger partial charge is 0.243 e. The van der Waals surface area contributed by atoms with E-state index in [0.717, 1.165) is 16.9 Å². The summed E-state index contributed by atoms with van der Waals surface area (Å²) < 4.78 is 0. The van der Waals surface area contributed by atoms with Crippen molar-refractivity contribution in [3.8, 4) is 0 Å². The average molecular weight is 523 g/mol. The minimum absolute atomic E-state index is 0.0257. The second kappa shape index (κ2) is 13.5. The summed E-state index contributed by atoms with van der Waals surface area (Å²) in [6.45, 7) is 8.37. The highest BCUT2D eigenvalue weighted by atomic mass is 35.5. The van der Waals surface area contributed by atoms with Crippen LogP contribution in [0.5, 0.6) is 0 Å². The van der Waals surface area contributed by atoms with Gasteiger partial charge in [0, 0.05) is 29.8 Å². The molecule has 1 N–H and O–H groups in total. The van der Waals surface area contributed by atoms with E-state index in [0.29, 0.717) is 23.7 Å². The molecule has 0 spiro atoms. The van der Waals surface area contributed by atoms with Crippen LogP contribution in [0, 0.1) is 13.8 Å². The molecule has 2 amide bonds. The van der Waals surface area contributed by atoms with E-state index in [4.69, 9.17) is 11.6 Å². The molecule has 4 nitrogen and oxygen atoms in total. The number of benzene rings is 3. The summed E-state index contributed by atoms with van der Waals surface area (Å²) in [5.41, 5.74) is 5.58. The van der Waals surface area contributed by atoms with E-state index in [-0.39, 0.29) is 17.9 Å². The van der Waals surface area contributed by atoms with Crippen molar-refractivity contribution in [2.45, 2.75) is 58.5 Å². The van der Waals surface area contributed by atoms with E-state index >= 15 is 0 Å². The largest absolute Gasteiger partial charge is 0.352 e. The summed E-state index contributed by atoms with van der Waals surface area (Å²) in [5.74, 6) is 0.834. The van der Waals surface area contributed by atoms with Gasteiger partial charge in [-0.05, 0) is 56.5 Å². The Balaban J connectivity index is 1.84. The number of carbonyl (C=O) groups excluding carboxylic acids is 2. The molecule has 0 radical (unpaired) electrons. The maximum atomic E-state index is 13.7. The number of thioether (sulfide) groups is 1. The van der Waals surface area contributed by atoms with E-state index in [1.54, 1.807) is 16.7 Å². The van der Waals surface area contributed by atoms with Crippen molar-refractivity contribution in [1.82, 2.24) is 10.2 Å². The van der Waals surface area contributed by atoms with Crippen LogP contribution in [0.2, 0.25) is 5.02 Å². The molecule has 0 aliphatic rings. The molecule has 0 saturated heterocycles. The number of hydrogen-bond acceptors (Lipinski definition) is 3. The van der Waals surface area contributed by atoms with E-state index in [1.165, 1.54) is 16.7 Å². The normalized spacial score (nSPS) is 11.8. The van der Waals surface area contributed by atoms with E-state index in [1.807, 2.05) is 68.4 Å². The molecule has 0 saturated carbocycles. The number of hydrogen-bond donors (Lipinski definition) is 1. The van der Waals surface area contributed by atoms with Gasteiger partial charge in [0.15, 0.2) is 0 Å². The highest BCUT2D eigenvalue weighted by molar-refractivity contribution is 7.99. The number of nitrogens with one attached hydrogen (secondary N) is 1. The SMILES string of the molecule is Cc1cc(C)cc(CSCC(=O)N(Cc2ccc(Cl)cc2)[C@@H](Cc2ccccc2)C(=O)NC(C)C)c1. The Kier molecular flexibility index (Phi) is 10.4. The zero-order valence-corrected chi connectivity index (χ0v) is 23.0. The molecule has 3 aromatic carbocycles. The number of rotatable bonds is 11. The Morgan fingerprint density at radius 3 is 2.14 bits per heavy atom. The lowest BCUT2D eigenvalue weighted by Gasteiger charge is -2.32. The van der Waals surface area contributed by atoms with Crippen molar-refractivity contribution >= 4 is 35.2 Å². The zero-order valence-electron chi connectivity index (χ0n) is 21.5. The fourth-order valence-electron chi connectivity index (χ4n) is 4.21. The topological polar surface area (TPSA) is 49.4 Å². The Morgan fingerprint density at radius 1 is 0.889 bits per heavy atom. The van der Waals surface area contributed by atoms with Gasteiger partial charge in [-0.25, -0.2) is 0 Å². The van der Waals surface area contributed by atoms with Crippen molar-refractivity contribution in [1.29, 1.82) is 0 Å². The summed E-state index contributed by atoms with van der Waals surface area (Å²) in [6, 6.07) is 23.1. The molecule has 36 heavy (non-hydrogen) atoms. The summed E-state index contributed by atoms with van der Waals surface area (Å²) in [7, 11) is 0. The first-order valence-corrected chi connectivity index (χ1v) is 13.8. The van der Waals surface area contributed by atoms with Gasteiger partial charge in [-0.3, -0.25) is 9.59 Å². The van der Waals surface area contributed by atoms with Crippen molar-refractivity contribution in [3.63, 3.8) is 0 Å². The lowest BCUT2D eigenvalue weighted by molar-refractivity contribution is -0.139. The molecule has 0 aliphatic carbocycles.